The van der Waals surface area contributed by atoms with Crippen molar-refractivity contribution < 1.29 is 4.79 Å². The number of aromatic amines is 1. The SMILES string of the molecule is C1=CSCC1.CNC(=O)c1cc2ccc(C(=N)SC=N)cc2[nH]c1=O. The molecule has 1 aliphatic rings. The van der Waals surface area contributed by atoms with Gasteiger partial charge in [-0.05, 0) is 29.3 Å². The van der Waals surface area contributed by atoms with E-state index < -0.39 is 11.5 Å². The van der Waals surface area contributed by atoms with Gasteiger partial charge in [0.1, 0.15) is 5.56 Å². The number of allylic oxidation sites excluding steroid dienone is 1. The highest BCUT2D eigenvalue weighted by atomic mass is 32.2. The Hall–Kier alpha value is -2.32. The summed E-state index contributed by atoms with van der Waals surface area (Å²) in [5.74, 6) is 0.865. The van der Waals surface area contributed by atoms with Gasteiger partial charge in [0.25, 0.3) is 11.5 Å². The molecule has 1 amide bonds. The summed E-state index contributed by atoms with van der Waals surface area (Å²) < 4.78 is 0. The lowest BCUT2D eigenvalue weighted by molar-refractivity contribution is 0.0962. The van der Waals surface area contributed by atoms with Gasteiger partial charge in [-0.25, -0.2) is 0 Å². The van der Waals surface area contributed by atoms with E-state index in [2.05, 4.69) is 21.8 Å². The molecule has 8 heteroatoms. The lowest BCUT2D eigenvalue weighted by Crippen LogP contribution is -2.26. The van der Waals surface area contributed by atoms with Crippen LogP contribution in [0, 0.1) is 10.8 Å². The van der Waals surface area contributed by atoms with E-state index in [1.54, 1.807) is 18.2 Å². The Kier molecular flexibility index (Phi) is 7.03. The smallest absolute Gasteiger partial charge is 0.261 e. The number of thioether (sulfide) groups is 2. The zero-order valence-corrected chi connectivity index (χ0v) is 15.2. The van der Waals surface area contributed by atoms with Crippen LogP contribution in [0.4, 0.5) is 0 Å². The van der Waals surface area contributed by atoms with Crippen molar-refractivity contribution in [3.63, 3.8) is 0 Å². The predicted molar refractivity (Wildman–Crippen MR) is 107 cm³/mol. The van der Waals surface area contributed by atoms with Crippen molar-refractivity contribution >= 4 is 50.9 Å². The highest BCUT2D eigenvalue weighted by Crippen LogP contribution is 2.17. The number of carbonyl (C=O) groups excluding carboxylic acids is 1. The minimum atomic E-state index is -0.472. The van der Waals surface area contributed by atoms with E-state index in [1.165, 1.54) is 25.3 Å². The molecule has 1 aliphatic heterocycles. The Balaban J connectivity index is 0.000000386. The van der Waals surface area contributed by atoms with Gasteiger partial charge >= 0.3 is 0 Å². The molecule has 0 saturated heterocycles. The summed E-state index contributed by atoms with van der Waals surface area (Å²) in [5.41, 5.74) is 1.81. The summed E-state index contributed by atoms with van der Waals surface area (Å²) in [6.45, 7) is 0. The molecule has 0 aliphatic carbocycles. The molecule has 2 heterocycles. The predicted octanol–water partition coefficient (Wildman–Crippen LogP) is 3.19. The standard InChI is InChI=1S/C13H12N4O2S.C4H6S/c1-16-12(18)9-4-7-2-3-8(11(15)20-6-14)5-10(7)17-13(9)19;1-2-4-5-3-1/h2-6,14-15H,1H3,(H,16,18)(H,17,19);1,3H,2,4H2. The number of amides is 1. The quantitative estimate of drug-likeness (QED) is 0.488. The number of aromatic nitrogens is 1. The van der Waals surface area contributed by atoms with E-state index in [9.17, 15) is 9.59 Å². The first-order valence-corrected chi connectivity index (χ1v) is 9.40. The molecule has 0 fully saturated rings. The molecule has 3 rings (SSSR count). The largest absolute Gasteiger partial charge is 0.355 e. The number of carbonyl (C=O) groups is 1. The third-order valence-electron chi connectivity index (χ3n) is 3.35. The summed E-state index contributed by atoms with van der Waals surface area (Å²) in [7, 11) is 1.46. The molecule has 1 aromatic heterocycles. The van der Waals surface area contributed by atoms with Gasteiger partial charge in [-0.3, -0.25) is 15.0 Å². The van der Waals surface area contributed by atoms with Crippen LogP contribution in [-0.2, 0) is 0 Å². The van der Waals surface area contributed by atoms with Gasteiger partial charge in [0.05, 0.1) is 10.6 Å². The maximum Gasteiger partial charge on any atom is 0.261 e. The minimum Gasteiger partial charge on any atom is -0.355 e. The first-order valence-electron chi connectivity index (χ1n) is 7.47. The lowest BCUT2D eigenvalue weighted by Gasteiger charge is -2.05. The third kappa shape index (κ3) is 5.07. The minimum absolute atomic E-state index is 0.0525. The van der Waals surface area contributed by atoms with E-state index in [4.69, 9.17) is 10.8 Å². The molecular weight excluding hydrogens is 356 g/mol. The van der Waals surface area contributed by atoms with E-state index in [0.29, 0.717) is 16.5 Å². The van der Waals surface area contributed by atoms with Gasteiger partial charge in [-0.15, -0.1) is 11.8 Å². The summed E-state index contributed by atoms with van der Waals surface area (Å²) in [5, 5.41) is 20.2. The number of fused-ring (bicyclic) bond motifs is 1. The molecule has 6 nitrogen and oxygen atoms in total. The number of nitrogens with one attached hydrogen (secondary N) is 4. The van der Waals surface area contributed by atoms with Crippen molar-refractivity contribution in [3.8, 4) is 0 Å². The average molecular weight is 374 g/mol. The van der Waals surface area contributed by atoms with E-state index in [1.807, 2.05) is 11.8 Å². The number of rotatable bonds is 3. The molecule has 0 atom stereocenters. The van der Waals surface area contributed by atoms with Gasteiger partial charge in [-0.2, -0.15) is 0 Å². The number of H-pyrrole nitrogens is 1. The third-order valence-corrected chi connectivity index (χ3v) is 4.80. The maximum atomic E-state index is 11.8. The van der Waals surface area contributed by atoms with Gasteiger partial charge in [0, 0.05) is 23.9 Å². The fourth-order valence-electron chi connectivity index (χ4n) is 2.11. The molecule has 0 unspecified atom stereocenters. The highest BCUT2D eigenvalue weighted by Gasteiger charge is 2.11. The van der Waals surface area contributed by atoms with Crippen LogP contribution >= 0.6 is 23.5 Å². The fourth-order valence-corrected chi connectivity index (χ4v) is 3.17. The normalized spacial score (nSPS) is 12.4. The van der Waals surface area contributed by atoms with Gasteiger partial charge < -0.3 is 15.7 Å². The molecular formula is C17H18N4O2S2. The topological polar surface area (TPSA) is 110 Å². The fraction of sp³-hybridized carbons (Fsp3) is 0.176. The molecule has 1 aromatic carbocycles. The Morgan fingerprint density at radius 3 is 2.76 bits per heavy atom. The Morgan fingerprint density at radius 1 is 1.40 bits per heavy atom. The van der Waals surface area contributed by atoms with Crippen molar-refractivity contribution in [1.29, 1.82) is 10.8 Å². The van der Waals surface area contributed by atoms with Crippen LogP contribution in [0.15, 0.2) is 40.5 Å². The van der Waals surface area contributed by atoms with Gasteiger partial charge in [0.2, 0.25) is 0 Å². The Bertz CT molecular complexity index is 884. The van der Waals surface area contributed by atoms with Crippen molar-refractivity contribution in [1.82, 2.24) is 10.3 Å². The maximum absolute atomic E-state index is 11.8. The Labute approximate surface area is 153 Å². The second-order valence-electron chi connectivity index (χ2n) is 4.99. The van der Waals surface area contributed by atoms with Crippen molar-refractivity contribution in [2.24, 2.45) is 0 Å². The first kappa shape index (κ1) is 19.0. The van der Waals surface area contributed by atoms with Crippen LogP contribution in [0.25, 0.3) is 10.9 Å². The van der Waals surface area contributed by atoms with Crippen LogP contribution in [0.5, 0.6) is 0 Å². The second kappa shape index (κ2) is 9.24. The van der Waals surface area contributed by atoms with Crippen LogP contribution in [0.3, 0.4) is 0 Å². The molecule has 25 heavy (non-hydrogen) atoms. The van der Waals surface area contributed by atoms with Crippen molar-refractivity contribution in [2.75, 3.05) is 12.8 Å². The van der Waals surface area contributed by atoms with E-state index in [-0.39, 0.29) is 10.6 Å². The van der Waals surface area contributed by atoms with Crippen LogP contribution in [0.2, 0.25) is 0 Å². The molecule has 0 bridgehead atoms. The number of hydrogen-bond acceptors (Lipinski definition) is 6. The zero-order valence-electron chi connectivity index (χ0n) is 13.6. The molecule has 0 spiro atoms. The monoisotopic (exact) mass is 374 g/mol. The number of hydrogen-bond donors (Lipinski definition) is 4. The van der Waals surface area contributed by atoms with Crippen molar-refractivity contribution in [2.45, 2.75) is 6.42 Å². The molecule has 2 aromatic rings. The van der Waals surface area contributed by atoms with E-state index in [0.717, 1.165) is 17.3 Å². The molecule has 0 saturated carbocycles. The summed E-state index contributed by atoms with van der Waals surface area (Å²) in [4.78, 5) is 26.0. The lowest BCUT2D eigenvalue weighted by atomic mass is 10.1. The van der Waals surface area contributed by atoms with Crippen molar-refractivity contribution in [3.05, 3.63) is 57.2 Å². The summed E-state index contributed by atoms with van der Waals surface area (Å²) in [6, 6.07) is 6.62. The highest BCUT2D eigenvalue weighted by molar-refractivity contribution is 8.25. The van der Waals surface area contributed by atoms with Gasteiger partial charge in [0.15, 0.2) is 0 Å². The summed E-state index contributed by atoms with van der Waals surface area (Å²) >= 11 is 2.87. The second-order valence-corrected chi connectivity index (χ2v) is 6.88. The molecule has 130 valence electrons. The zero-order chi connectivity index (χ0) is 18.2. The Morgan fingerprint density at radius 2 is 2.20 bits per heavy atom. The van der Waals surface area contributed by atoms with Gasteiger partial charge in [-0.1, -0.05) is 30.0 Å². The van der Waals surface area contributed by atoms with Crippen LogP contribution in [-0.4, -0.2) is 34.3 Å². The first-order chi connectivity index (χ1) is 12.1. The van der Waals surface area contributed by atoms with E-state index >= 15 is 0 Å². The molecule has 4 N–H and O–H groups in total. The van der Waals surface area contributed by atoms with Crippen LogP contribution in [0.1, 0.15) is 22.3 Å². The molecule has 0 radical (unpaired) electrons. The summed E-state index contributed by atoms with van der Waals surface area (Å²) in [6.07, 6.45) is 3.48. The number of benzene rings is 1. The van der Waals surface area contributed by atoms with Crippen LogP contribution < -0.4 is 10.9 Å². The average Bonchev–Trinajstić information content (AvgIpc) is 3.20. The number of pyridine rings is 1.